The summed E-state index contributed by atoms with van der Waals surface area (Å²) in [6.45, 7) is 2.12. The van der Waals surface area contributed by atoms with Crippen molar-refractivity contribution in [2.45, 2.75) is 24.8 Å². The molecule has 0 spiro atoms. The first kappa shape index (κ1) is 12.5. The summed E-state index contributed by atoms with van der Waals surface area (Å²) in [7, 11) is 3.57. The van der Waals surface area contributed by atoms with Crippen LogP contribution >= 0.6 is 0 Å². The van der Waals surface area contributed by atoms with E-state index in [-0.39, 0.29) is 6.04 Å². The SMILES string of the molecule is CNC(COC)Cc1nc(C2CCOC2)no1. The molecule has 0 aromatic carbocycles. The Bertz CT molecular complexity index is 336. The first-order valence-corrected chi connectivity index (χ1v) is 5.90. The zero-order valence-corrected chi connectivity index (χ0v) is 10.3. The molecule has 1 aromatic heterocycles. The van der Waals surface area contributed by atoms with Crippen molar-refractivity contribution >= 4 is 0 Å². The standard InChI is InChI=1S/C11H19N3O3/c1-12-9(7-15-2)5-10-13-11(14-17-10)8-3-4-16-6-8/h8-9,12H,3-7H2,1-2H3. The molecule has 1 aromatic rings. The molecule has 1 fully saturated rings. The first-order chi connectivity index (χ1) is 8.33. The van der Waals surface area contributed by atoms with E-state index < -0.39 is 0 Å². The highest BCUT2D eigenvalue weighted by Gasteiger charge is 2.23. The second-order valence-corrected chi connectivity index (χ2v) is 4.25. The minimum absolute atomic E-state index is 0.202. The van der Waals surface area contributed by atoms with Crippen LogP contribution in [0.5, 0.6) is 0 Å². The summed E-state index contributed by atoms with van der Waals surface area (Å²) < 4.78 is 15.7. The van der Waals surface area contributed by atoms with Crippen molar-refractivity contribution in [1.82, 2.24) is 15.5 Å². The van der Waals surface area contributed by atoms with Crippen LogP contribution in [0.15, 0.2) is 4.52 Å². The molecule has 2 rings (SSSR count). The van der Waals surface area contributed by atoms with E-state index in [0.29, 0.717) is 31.4 Å². The number of ether oxygens (including phenoxy) is 2. The molecule has 2 unspecified atom stereocenters. The molecule has 0 radical (unpaired) electrons. The predicted molar refractivity (Wildman–Crippen MR) is 60.9 cm³/mol. The van der Waals surface area contributed by atoms with E-state index in [4.69, 9.17) is 14.0 Å². The lowest BCUT2D eigenvalue weighted by Gasteiger charge is -2.11. The Kier molecular flexibility index (Phi) is 4.47. The van der Waals surface area contributed by atoms with Crippen molar-refractivity contribution in [3.8, 4) is 0 Å². The van der Waals surface area contributed by atoms with Crippen LogP contribution in [-0.4, -0.2) is 50.2 Å². The summed E-state index contributed by atoms with van der Waals surface area (Å²) in [4.78, 5) is 4.41. The van der Waals surface area contributed by atoms with E-state index in [1.54, 1.807) is 7.11 Å². The van der Waals surface area contributed by atoms with Gasteiger partial charge in [0.15, 0.2) is 5.82 Å². The van der Waals surface area contributed by atoms with E-state index in [1.807, 2.05) is 7.05 Å². The van der Waals surface area contributed by atoms with Gasteiger partial charge in [0.2, 0.25) is 5.89 Å². The van der Waals surface area contributed by atoms with E-state index >= 15 is 0 Å². The van der Waals surface area contributed by atoms with Crippen molar-refractivity contribution in [1.29, 1.82) is 0 Å². The minimum Gasteiger partial charge on any atom is -0.383 e. The summed E-state index contributed by atoms with van der Waals surface area (Å²) in [5.74, 6) is 1.72. The lowest BCUT2D eigenvalue weighted by atomic mass is 10.1. The van der Waals surface area contributed by atoms with Crippen LogP contribution in [0, 0.1) is 0 Å². The van der Waals surface area contributed by atoms with Gasteiger partial charge in [-0.3, -0.25) is 0 Å². The van der Waals surface area contributed by atoms with E-state index in [1.165, 1.54) is 0 Å². The zero-order valence-electron chi connectivity index (χ0n) is 10.3. The van der Waals surface area contributed by atoms with Crippen molar-refractivity contribution in [3.63, 3.8) is 0 Å². The number of nitrogens with one attached hydrogen (secondary N) is 1. The Hall–Kier alpha value is -0.980. The predicted octanol–water partition coefficient (Wildman–Crippen LogP) is 0.350. The molecule has 96 valence electrons. The van der Waals surface area contributed by atoms with Gasteiger partial charge in [-0.1, -0.05) is 5.16 Å². The summed E-state index contributed by atoms with van der Waals surface area (Å²) >= 11 is 0. The van der Waals surface area contributed by atoms with Gasteiger partial charge in [0.25, 0.3) is 0 Å². The van der Waals surface area contributed by atoms with E-state index in [0.717, 1.165) is 18.9 Å². The molecule has 0 amide bonds. The Morgan fingerprint density at radius 3 is 3.12 bits per heavy atom. The number of aromatic nitrogens is 2. The minimum atomic E-state index is 0.202. The van der Waals surface area contributed by atoms with Gasteiger partial charge in [-0.05, 0) is 13.5 Å². The van der Waals surface area contributed by atoms with E-state index in [2.05, 4.69) is 15.5 Å². The lowest BCUT2D eigenvalue weighted by molar-refractivity contribution is 0.165. The highest BCUT2D eigenvalue weighted by molar-refractivity contribution is 4.98. The molecule has 0 bridgehead atoms. The van der Waals surface area contributed by atoms with Gasteiger partial charge < -0.3 is 19.3 Å². The fraction of sp³-hybridized carbons (Fsp3) is 0.818. The molecule has 17 heavy (non-hydrogen) atoms. The number of methoxy groups -OCH3 is 1. The number of likely N-dealkylation sites (N-methyl/N-ethyl adjacent to an activating group) is 1. The van der Waals surface area contributed by atoms with Crippen LogP contribution in [0.2, 0.25) is 0 Å². The summed E-state index contributed by atoms with van der Waals surface area (Å²) in [5, 5.41) is 7.16. The molecule has 2 atom stereocenters. The van der Waals surface area contributed by atoms with Crippen molar-refractivity contribution in [2.24, 2.45) is 0 Å². The monoisotopic (exact) mass is 241 g/mol. The maximum atomic E-state index is 5.31. The van der Waals surface area contributed by atoms with Gasteiger partial charge in [0.05, 0.1) is 13.2 Å². The molecule has 6 heteroatoms. The van der Waals surface area contributed by atoms with Crippen molar-refractivity contribution < 1.29 is 14.0 Å². The normalized spacial score (nSPS) is 21.9. The van der Waals surface area contributed by atoms with Gasteiger partial charge in [-0.15, -0.1) is 0 Å². The molecule has 2 heterocycles. The summed E-state index contributed by atoms with van der Waals surface area (Å²) in [6, 6.07) is 0.202. The number of nitrogens with zero attached hydrogens (tertiary/aromatic N) is 2. The highest BCUT2D eigenvalue weighted by Crippen LogP contribution is 2.22. The number of hydrogen-bond acceptors (Lipinski definition) is 6. The molecule has 1 N–H and O–H groups in total. The van der Waals surface area contributed by atoms with Crippen molar-refractivity contribution in [3.05, 3.63) is 11.7 Å². The Morgan fingerprint density at radius 1 is 1.59 bits per heavy atom. The fourth-order valence-electron chi connectivity index (χ4n) is 1.91. The van der Waals surface area contributed by atoms with Gasteiger partial charge in [-0.25, -0.2) is 0 Å². The maximum Gasteiger partial charge on any atom is 0.228 e. The average molecular weight is 241 g/mol. The summed E-state index contributed by atoms with van der Waals surface area (Å²) in [5.41, 5.74) is 0. The Labute approximate surface area is 101 Å². The highest BCUT2D eigenvalue weighted by atomic mass is 16.5. The fourth-order valence-corrected chi connectivity index (χ4v) is 1.91. The molecule has 6 nitrogen and oxygen atoms in total. The smallest absolute Gasteiger partial charge is 0.228 e. The molecule has 0 saturated carbocycles. The number of rotatable bonds is 6. The molecule has 1 aliphatic rings. The van der Waals surface area contributed by atoms with Crippen molar-refractivity contribution in [2.75, 3.05) is 34.0 Å². The van der Waals surface area contributed by atoms with Gasteiger partial charge in [-0.2, -0.15) is 4.98 Å². The van der Waals surface area contributed by atoms with Crippen LogP contribution in [0.4, 0.5) is 0 Å². The van der Waals surface area contributed by atoms with Gasteiger partial charge in [0, 0.05) is 32.1 Å². The van der Waals surface area contributed by atoms with Gasteiger partial charge >= 0.3 is 0 Å². The molecule has 1 saturated heterocycles. The van der Waals surface area contributed by atoms with Crippen LogP contribution in [0.25, 0.3) is 0 Å². The Morgan fingerprint density at radius 2 is 2.47 bits per heavy atom. The third-order valence-electron chi connectivity index (χ3n) is 2.98. The Balaban J connectivity index is 1.92. The quantitative estimate of drug-likeness (QED) is 0.775. The third-order valence-corrected chi connectivity index (χ3v) is 2.98. The van der Waals surface area contributed by atoms with Crippen LogP contribution in [0.3, 0.4) is 0 Å². The second-order valence-electron chi connectivity index (χ2n) is 4.25. The molecule has 0 aliphatic carbocycles. The number of hydrogen-bond donors (Lipinski definition) is 1. The first-order valence-electron chi connectivity index (χ1n) is 5.90. The summed E-state index contributed by atoms with van der Waals surface area (Å²) in [6.07, 6.45) is 1.66. The second kappa shape index (κ2) is 6.09. The maximum absolute atomic E-state index is 5.31. The van der Waals surface area contributed by atoms with Gasteiger partial charge in [0.1, 0.15) is 0 Å². The van der Waals surface area contributed by atoms with E-state index in [9.17, 15) is 0 Å². The third kappa shape index (κ3) is 3.24. The zero-order chi connectivity index (χ0) is 12.1. The average Bonchev–Trinajstić information content (AvgIpc) is 2.98. The molecular weight excluding hydrogens is 222 g/mol. The largest absolute Gasteiger partial charge is 0.383 e. The topological polar surface area (TPSA) is 69.4 Å². The lowest BCUT2D eigenvalue weighted by Crippen LogP contribution is -2.32. The van der Waals surface area contributed by atoms with Crippen LogP contribution < -0.4 is 5.32 Å². The van der Waals surface area contributed by atoms with Crippen LogP contribution in [0.1, 0.15) is 24.1 Å². The molecular formula is C11H19N3O3. The molecule has 1 aliphatic heterocycles. The van der Waals surface area contributed by atoms with Crippen LogP contribution in [-0.2, 0) is 15.9 Å².